The van der Waals surface area contributed by atoms with E-state index >= 15 is 0 Å². The Balaban J connectivity index is 1.57. The first-order valence-corrected chi connectivity index (χ1v) is 9.92. The van der Waals surface area contributed by atoms with Crippen molar-refractivity contribution >= 4 is 5.78 Å². The maximum absolute atomic E-state index is 13.5. The van der Waals surface area contributed by atoms with Crippen LogP contribution in [0.25, 0.3) is 0 Å². The number of rotatable bonds is 4. The van der Waals surface area contributed by atoms with Crippen molar-refractivity contribution in [3.8, 4) is 0 Å². The molecular weight excluding hydrogens is 344 g/mol. The Bertz CT molecular complexity index is 746. The Morgan fingerprint density at radius 1 is 1.22 bits per heavy atom. The van der Waals surface area contributed by atoms with Crippen LogP contribution in [-0.2, 0) is 23.7 Å². The van der Waals surface area contributed by atoms with Crippen LogP contribution in [0.15, 0.2) is 42.5 Å². The van der Waals surface area contributed by atoms with Crippen LogP contribution in [0.5, 0.6) is 0 Å². The van der Waals surface area contributed by atoms with Crippen molar-refractivity contribution in [2.75, 3.05) is 13.7 Å². The van der Waals surface area contributed by atoms with Gasteiger partial charge in [-0.3, -0.25) is 4.79 Å². The Kier molecular flexibility index (Phi) is 4.24. The highest BCUT2D eigenvalue weighted by Crippen LogP contribution is 2.64. The van der Waals surface area contributed by atoms with E-state index in [1.54, 1.807) is 7.11 Å². The van der Waals surface area contributed by atoms with Crippen LogP contribution in [0.4, 0.5) is 0 Å². The summed E-state index contributed by atoms with van der Waals surface area (Å²) in [5, 5.41) is 0. The summed E-state index contributed by atoms with van der Waals surface area (Å²) in [6.45, 7) is 2.35. The number of carbonyl (C=O) groups is 1. The fourth-order valence-corrected chi connectivity index (χ4v) is 5.94. The minimum atomic E-state index is -0.589. The summed E-state index contributed by atoms with van der Waals surface area (Å²) in [4.78, 5) is 13.5. The Morgan fingerprint density at radius 2 is 2.04 bits per heavy atom. The topological polar surface area (TPSA) is 54.0 Å². The molecule has 27 heavy (non-hydrogen) atoms. The predicted molar refractivity (Wildman–Crippen MR) is 97.6 cm³/mol. The maximum Gasteiger partial charge on any atom is 0.184 e. The van der Waals surface area contributed by atoms with E-state index in [1.807, 2.05) is 37.3 Å². The zero-order valence-corrected chi connectivity index (χ0v) is 15.7. The number of hydrogen-bond acceptors (Lipinski definition) is 5. The zero-order chi connectivity index (χ0) is 18.6. The fourth-order valence-electron chi connectivity index (χ4n) is 5.94. The lowest BCUT2D eigenvalue weighted by atomic mass is 9.59. The first kappa shape index (κ1) is 17.6. The number of ketones is 1. The van der Waals surface area contributed by atoms with Crippen LogP contribution < -0.4 is 0 Å². The molecule has 0 N–H and O–H groups in total. The first-order chi connectivity index (χ1) is 13.2. The zero-order valence-electron chi connectivity index (χ0n) is 15.7. The lowest BCUT2D eigenvalue weighted by Gasteiger charge is -2.56. The van der Waals surface area contributed by atoms with Gasteiger partial charge >= 0.3 is 0 Å². The van der Waals surface area contributed by atoms with Gasteiger partial charge in [-0.1, -0.05) is 49.4 Å². The van der Waals surface area contributed by atoms with Crippen molar-refractivity contribution in [3.05, 3.63) is 48.0 Å². The molecule has 1 aromatic rings. The average Bonchev–Trinajstić information content (AvgIpc) is 3.34. The van der Waals surface area contributed by atoms with E-state index < -0.39 is 18.0 Å². The van der Waals surface area contributed by atoms with Gasteiger partial charge in [-0.2, -0.15) is 0 Å². The average molecular weight is 370 g/mol. The van der Waals surface area contributed by atoms with Crippen LogP contribution in [-0.4, -0.2) is 38.0 Å². The molecule has 5 nitrogen and oxygen atoms in total. The fraction of sp³-hybridized carbons (Fsp3) is 0.591. The second-order valence-electron chi connectivity index (χ2n) is 8.04. The summed E-state index contributed by atoms with van der Waals surface area (Å²) in [6.07, 6.45) is 4.44. The van der Waals surface area contributed by atoms with E-state index in [2.05, 4.69) is 12.2 Å². The van der Waals surface area contributed by atoms with Gasteiger partial charge in [0.1, 0.15) is 18.0 Å². The molecule has 1 saturated carbocycles. The van der Waals surface area contributed by atoms with E-state index in [4.69, 9.17) is 18.9 Å². The van der Waals surface area contributed by atoms with Crippen LogP contribution in [0.2, 0.25) is 0 Å². The molecule has 8 atom stereocenters. The summed E-state index contributed by atoms with van der Waals surface area (Å²) in [5.41, 5.74) is 0.383. The molecule has 2 aliphatic carbocycles. The van der Waals surface area contributed by atoms with Crippen molar-refractivity contribution < 1.29 is 23.7 Å². The smallest absolute Gasteiger partial charge is 0.184 e. The van der Waals surface area contributed by atoms with E-state index in [0.29, 0.717) is 18.9 Å². The van der Waals surface area contributed by atoms with Gasteiger partial charge in [0.15, 0.2) is 12.6 Å². The lowest BCUT2D eigenvalue weighted by molar-refractivity contribution is -0.358. The molecular formula is C22H26O5. The minimum absolute atomic E-state index is 0.000670. The standard InChI is InChI=1S/C22H26O5/c1-3-17(23)22-15-10-9-14(11-15)18(22)21(24-2)26-16-12-25-20(27-19(16)22)13-7-5-4-6-8-13/h4-10,14-16,18-21H,3,11-12H2,1-2H3/t14-,15+,16+,18+,19+,20+,21-,22-/m0/s1. The first-order valence-electron chi connectivity index (χ1n) is 9.92. The quantitative estimate of drug-likeness (QED) is 0.762. The molecule has 0 spiro atoms. The van der Waals surface area contributed by atoms with Crippen molar-refractivity contribution in [2.45, 2.75) is 44.6 Å². The highest BCUT2D eigenvalue weighted by Gasteiger charge is 2.71. The Hall–Kier alpha value is -1.53. The number of benzene rings is 1. The molecule has 4 aliphatic rings. The molecule has 2 aliphatic heterocycles. The van der Waals surface area contributed by atoms with Gasteiger partial charge in [0.05, 0.1) is 12.0 Å². The largest absolute Gasteiger partial charge is 0.356 e. The molecule has 2 heterocycles. The van der Waals surface area contributed by atoms with Crippen molar-refractivity contribution in [3.63, 3.8) is 0 Å². The number of allylic oxidation sites excluding steroid dienone is 2. The second kappa shape index (κ2) is 6.52. The van der Waals surface area contributed by atoms with E-state index in [-0.39, 0.29) is 29.8 Å². The van der Waals surface area contributed by atoms with Crippen molar-refractivity contribution in [1.82, 2.24) is 0 Å². The third-order valence-corrected chi connectivity index (χ3v) is 6.94. The SMILES string of the molecule is CCC(=O)[C@@]12[C@@H]([C@@H](OC)O[C@@H]3CO[C@@H](c4ccccc4)O[C@H]31)[C@H]1C=C[C@@H]2C1. The molecule has 0 amide bonds. The number of hydrogen-bond donors (Lipinski definition) is 0. The summed E-state index contributed by atoms with van der Waals surface area (Å²) in [7, 11) is 1.67. The van der Waals surface area contributed by atoms with Gasteiger partial charge in [0, 0.05) is 25.0 Å². The van der Waals surface area contributed by atoms with Gasteiger partial charge in [-0.15, -0.1) is 0 Å². The van der Waals surface area contributed by atoms with E-state index in [1.165, 1.54) is 0 Å². The predicted octanol–water partition coefficient (Wildman–Crippen LogP) is 3.26. The molecule has 2 bridgehead atoms. The number of carbonyl (C=O) groups excluding carboxylic acids is 1. The summed E-state index contributed by atoms with van der Waals surface area (Å²) in [5.74, 6) is 0.751. The summed E-state index contributed by atoms with van der Waals surface area (Å²) in [6, 6.07) is 9.92. The third-order valence-electron chi connectivity index (χ3n) is 6.94. The van der Waals surface area contributed by atoms with Crippen molar-refractivity contribution in [2.24, 2.45) is 23.2 Å². The number of fused-ring (bicyclic) bond motifs is 7. The molecule has 0 aromatic heterocycles. The lowest BCUT2D eigenvalue weighted by Crippen LogP contribution is -2.67. The Labute approximate surface area is 159 Å². The molecule has 0 unspecified atom stereocenters. The van der Waals surface area contributed by atoms with Gasteiger partial charge in [0.2, 0.25) is 0 Å². The third kappa shape index (κ3) is 2.35. The van der Waals surface area contributed by atoms with Gasteiger partial charge < -0.3 is 18.9 Å². The number of ether oxygens (including phenoxy) is 4. The number of Topliss-reactive ketones (excluding diaryl/α,β-unsaturated/α-hetero) is 1. The van der Waals surface area contributed by atoms with Crippen molar-refractivity contribution in [1.29, 1.82) is 0 Å². The summed E-state index contributed by atoms with van der Waals surface area (Å²) < 4.78 is 24.5. The Morgan fingerprint density at radius 3 is 2.78 bits per heavy atom. The minimum Gasteiger partial charge on any atom is -0.356 e. The highest BCUT2D eigenvalue weighted by molar-refractivity contribution is 5.87. The molecule has 3 fully saturated rings. The molecule has 5 heteroatoms. The molecule has 5 rings (SSSR count). The highest BCUT2D eigenvalue weighted by atomic mass is 16.7. The molecule has 144 valence electrons. The monoisotopic (exact) mass is 370 g/mol. The van der Waals surface area contributed by atoms with E-state index in [9.17, 15) is 4.79 Å². The molecule has 1 aromatic carbocycles. The molecule has 0 radical (unpaired) electrons. The van der Waals surface area contributed by atoms with E-state index in [0.717, 1.165) is 12.0 Å². The van der Waals surface area contributed by atoms with Gasteiger partial charge in [0.25, 0.3) is 0 Å². The normalized spacial score (nSPS) is 44.7. The van der Waals surface area contributed by atoms with Crippen LogP contribution in [0.3, 0.4) is 0 Å². The van der Waals surface area contributed by atoms with Gasteiger partial charge in [-0.05, 0) is 18.3 Å². The second-order valence-corrected chi connectivity index (χ2v) is 8.04. The van der Waals surface area contributed by atoms with Crippen LogP contribution >= 0.6 is 0 Å². The molecule has 2 saturated heterocycles. The number of methoxy groups -OCH3 is 1. The van der Waals surface area contributed by atoms with Crippen LogP contribution in [0.1, 0.15) is 31.6 Å². The van der Waals surface area contributed by atoms with Gasteiger partial charge in [-0.25, -0.2) is 0 Å². The van der Waals surface area contributed by atoms with Crippen LogP contribution in [0, 0.1) is 23.2 Å². The maximum atomic E-state index is 13.5. The summed E-state index contributed by atoms with van der Waals surface area (Å²) >= 11 is 0.